The van der Waals surface area contributed by atoms with Crippen molar-refractivity contribution in [3.05, 3.63) is 64.7 Å². The van der Waals surface area contributed by atoms with Crippen LogP contribution in [-0.2, 0) is 9.59 Å². The number of ether oxygens (including phenoxy) is 1. The summed E-state index contributed by atoms with van der Waals surface area (Å²) >= 11 is 1.21. The predicted octanol–water partition coefficient (Wildman–Crippen LogP) is 4.66. The minimum absolute atomic E-state index is 0.114. The van der Waals surface area contributed by atoms with Crippen molar-refractivity contribution in [3.8, 4) is 11.8 Å². The number of para-hydroxylation sites is 2. The van der Waals surface area contributed by atoms with E-state index in [2.05, 4.69) is 19.2 Å². The van der Waals surface area contributed by atoms with Crippen LogP contribution in [-0.4, -0.2) is 24.2 Å². The van der Waals surface area contributed by atoms with Crippen LogP contribution in [0.15, 0.2) is 59.1 Å². The van der Waals surface area contributed by atoms with E-state index in [9.17, 15) is 14.9 Å². The van der Waals surface area contributed by atoms with Gasteiger partial charge in [0.05, 0.1) is 18.0 Å². The second-order valence-corrected chi connectivity index (χ2v) is 8.46. The SMILES string of the molecule is COc1ccccc1NC(=O)/C(C#N)=C1\SC(C)C(=O)N1c1ccc(C(C)C)cc1. The molecule has 1 fully saturated rings. The lowest BCUT2D eigenvalue weighted by molar-refractivity contribution is -0.116. The number of amides is 2. The van der Waals surface area contributed by atoms with Gasteiger partial charge in [0.25, 0.3) is 5.91 Å². The first kappa shape index (κ1) is 21.5. The third-order valence-corrected chi connectivity index (χ3v) is 5.95. The molecule has 3 rings (SSSR count). The number of methoxy groups -OCH3 is 1. The topological polar surface area (TPSA) is 82.4 Å². The van der Waals surface area contributed by atoms with Crippen LogP contribution in [0.25, 0.3) is 0 Å². The maximum absolute atomic E-state index is 12.9. The molecule has 1 unspecified atom stereocenters. The fourth-order valence-corrected chi connectivity index (χ4v) is 4.20. The van der Waals surface area contributed by atoms with E-state index in [1.807, 2.05) is 30.3 Å². The van der Waals surface area contributed by atoms with E-state index in [1.165, 1.54) is 23.8 Å². The Labute approximate surface area is 180 Å². The zero-order chi connectivity index (χ0) is 21.8. The van der Waals surface area contributed by atoms with Crippen molar-refractivity contribution in [1.82, 2.24) is 0 Å². The summed E-state index contributed by atoms with van der Waals surface area (Å²) in [4.78, 5) is 27.2. The number of hydrogen-bond donors (Lipinski definition) is 1. The number of hydrogen-bond acceptors (Lipinski definition) is 5. The van der Waals surface area contributed by atoms with Gasteiger partial charge in [0.15, 0.2) is 0 Å². The summed E-state index contributed by atoms with van der Waals surface area (Å²) in [7, 11) is 1.50. The molecule has 1 heterocycles. The molecule has 6 nitrogen and oxygen atoms in total. The van der Waals surface area contributed by atoms with E-state index in [0.717, 1.165) is 5.56 Å². The lowest BCUT2D eigenvalue weighted by Gasteiger charge is -2.19. The van der Waals surface area contributed by atoms with Crippen LogP contribution in [0.1, 0.15) is 32.3 Å². The molecule has 2 amide bonds. The normalized spacial score (nSPS) is 17.7. The zero-order valence-corrected chi connectivity index (χ0v) is 18.1. The van der Waals surface area contributed by atoms with Gasteiger partial charge >= 0.3 is 0 Å². The maximum Gasteiger partial charge on any atom is 0.269 e. The van der Waals surface area contributed by atoms with Gasteiger partial charge in [0, 0.05) is 5.69 Å². The number of anilines is 2. The molecular formula is C23H23N3O3S. The van der Waals surface area contributed by atoms with E-state index >= 15 is 0 Å². The highest BCUT2D eigenvalue weighted by atomic mass is 32.2. The second-order valence-electron chi connectivity index (χ2n) is 7.13. The smallest absolute Gasteiger partial charge is 0.269 e. The molecule has 0 aliphatic carbocycles. The van der Waals surface area contributed by atoms with Gasteiger partial charge in [0.2, 0.25) is 5.91 Å². The Morgan fingerprint density at radius 3 is 2.47 bits per heavy atom. The van der Waals surface area contributed by atoms with E-state index in [0.29, 0.717) is 28.1 Å². The number of nitriles is 1. The largest absolute Gasteiger partial charge is 0.495 e. The summed E-state index contributed by atoms with van der Waals surface area (Å²) < 4.78 is 5.26. The Hall–Kier alpha value is -3.24. The Bertz CT molecular complexity index is 1040. The number of thioether (sulfide) groups is 1. The third kappa shape index (κ3) is 4.19. The Kier molecular flexibility index (Phi) is 6.48. The second kappa shape index (κ2) is 9.06. The van der Waals surface area contributed by atoms with Crippen LogP contribution in [0.3, 0.4) is 0 Å². The van der Waals surface area contributed by atoms with Gasteiger partial charge in [-0.1, -0.05) is 49.9 Å². The quantitative estimate of drug-likeness (QED) is 0.561. The summed E-state index contributed by atoms with van der Waals surface area (Å²) in [5.74, 6) is 0.0936. The van der Waals surface area contributed by atoms with Crippen molar-refractivity contribution in [2.45, 2.75) is 31.9 Å². The monoisotopic (exact) mass is 421 g/mol. The average molecular weight is 422 g/mol. The molecule has 1 N–H and O–H groups in total. The van der Waals surface area contributed by atoms with Crippen LogP contribution in [0.5, 0.6) is 5.75 Å². The number of nitrogens with zero attached hydrogens (tertiary/aromatic N) is 2. The molecule has 2 aromatic carbocycles. The fraction of sp³-hybridized carbons (Fsp3) is 0.261. The molecule has 1 aliphatic heterocycles. The first-order valence-corrected chi connectivity index (χ1v) is 10.4. The number of rotatable bonds is 5. The van der Waals surface area contributed by atoms with Gasteiger partial charge in [-0.3, -0.25) is 14.5 Å². The number of carbonyl (C=O) groups excluding carboxylic acids is 2. The van der Waals surface area contributed by atoms with Gasteiger partial charge in [-0.25, -0.2) is 0 Å². The van der Waals surface area contributed by atoms with E-state index in [1.54, 1.807) is 31.2 Å². The third-order valence-electron chi connectivity index (χ3n) is 4.79. The van der Waals surface area contributed by atoms with Crippen molar-refractivity contribution in [2.75, 3.05) is 17.3 Å². The number of benzene rings is 2. The van der Waals surface area contributed by atoms with Crippen molar-refractivity contribution in [2.24, 2.45) is 0 Å². The summed E-state index contributed by atoms with van der Waals surface area (Å²) in [6.45, 7) is 5.95. The average Bonchev–Trinajstić information content (AvgIpc) is 3.03. The Morgan fingerprint density at radius 2 is 1.87 bits per heavy atom. The van der Waals surface area contributed by atoms with Crippen molar-refractivity contribution < 1.29 is 14.3 Å². The number of carbonyl (C=O) groups is 2. The number of nitrogens with one attached hydrogen (secondary N) is 1. The van der Waals surface area contributed by atoms with Crippen molar-refractivity contribution in [1.29, 1.82) is 5.26 Å². The molecule has 0 radical (unpaired) electrons. The van der Waals surface area contributed by atoms with E-state index in [4.69, 9.17) is 4.74 Å². The Morgan fingerprint density at radius 1 is 1.20 bits per heavy atom. The molecule has 0 saturated carbocycles. The van der Waals surface area contributed by atoms with Crippen LogP contribution in [0.4, 0.5) is 11.4 Å². The highest BCUT2D eigenvalue weighted by molar-refractivity contribution is 8.05. The molecule has 1 atom stereocenters. The van der Waals surface area contributed by atoms with Crippen molar-refractivity contribution >= 4 is 35.0 Å². The molecule has 7 heteroatoms. The van der Waals surface area contributed by atoms with Gasteiger partial charge in [-0.15, -0.1) is 0 Å². The zero-order valence-electron chi connectivity index (χ0n) is 17.3. The molecule has 0 aromatic heterocycles. The van der Waals surface area contributed by atoms with Crippen LogP contribution < -0.4 is 15.0 Å². The minimum atomic E-state index is -0.588. The highest BCUT2D eigenvalue weighted by Crippen LogP contribution is 2.41. The summed E-state index contributed by atoms with van der Waals surface area (Å²) in [5.41, 5.74) is 2.12. The van der Waals surface area contributed by atoms with Gasteiger partial charge in [-0.2, -0.15) is 5.26 Å². The molecule has 0 spiro atoms. The van der Waals surface area contributed by atoms with E-state index < -0.39 is 11.2 Å². The molecular weight excluding hydrogens is 398 g/mol. The predicted molar refractivity (Wildman–Crippen MR) is 119 cm³/mol. The molecule has 2 aromatic rings. The van der Waals surface area contributed by atoms with Crippen LogP contribution in [0, 0.1) is 11.3 Å². The molecule has 1 saturated heterocycles. The van der Waals surface area contributed by atoms with Crippen LogP contribution in [0.2, 0.25) is 0 Å². The van der Waals surface area contributed by atoms with Crippen LogP contribution >= 0.6 is 11.8 Å². The Balaban J connectivity index is 2.00. The first-order chi connectivity index (χ1) is 14.4. The lowest BCUT2D eigenvalue weighted by atomic mass is 10.0. The summed E-state index contributed by atoms with van der Waals surface area (Å²) in [6, 6.07) is 16.5. The van der Waals surface area contributed by atoms with Gasteiger partial charge < -0.3 is 10.1 Å². The first-order valence-electron chi connectivity index (χ1n) is 9.56. The fourth-order valence-electron chi connectivity index (χ4n) is 3.10. The van der Waals surface area contributed by atoms with Gasteiger partial charge in [-0.05, 0) is 42.7 Å². The summed E-state index contributed by atoms with van der Waals surface area (Å²) in [6.07, 6.45) is 0. The minimum Gasteiger partial charge on any atom is -0.495 e. The van der Waals surface area contributed by atoms with Crippen molar-refractivity contribution in [3.63, 3.8) is 0 Å². The maximum atomic E-state index is 12.9. The standard InChI is InChI=1S/C23H23N3O3S/c1-14(2)16-9-11-17(12-10-16)26-22(28)15(3)30-23(26)18(13-24)21(27)25-19-7-5-6-8-20(19)29-4/h5-12,14-15H,1-4H3,(H,25,27)/b23-18-. The summed E-state index contributed by atoms with van der Waals surface area (Å²) in [5, 5.41) is 12.4. The van der Waals surface area contributed by atoms with E-state index in [-0.39, 0.29) is 11.5 Å². The van der Waals surface area contributed by atoms with Gasteiger partial charge in [0.1, 0.15) is 22.4 Å². The molecule has 1 aliphatic rings. The molecule has 30 heavy (non-hydrogen) atoms. The molecule has 154 valence electrons. The molecule has 0 bridgehead atoms. The highest BCUT2D eigenvalue weighted by Gasteiger charge is 2.38. The lowest BCUT2D eigenvalue weighted by Crippen LogP contribution is -2.29.